The number of likely N-dealkylation sites (tertiary alicyclic amines) is 1. The van der Waals surface area contributed by atoms with Gasteiger partial charge in [0.2, 0.25) is 10.0 Å². The number of ketones is 1. The van der Waals surface area contributed by atoms with Crippen LogP contribution in [0.2, 0.25) is 0 Å². The molecule has 2 aromatic rings. The van der Waals surface area contributed by atoms with Gasteiger partial charge in [0.25, 0.3) is 11.7 Å². The Morgan fingerprint density at radius 2 is 1.65 bits per heavy atom. The average Bonchev–Trinajstić information content (AvgIpc) is 3.03. The molecule has 3 rings (SSSR count). The molecule has 0 spiro atoms. The summed E-state index contributed by atoms with van der Waals surface area (Å²) in [6.07, 6.45) is 0.544. The second kappa shape index (κ2) is 10.0. The van der Waals surface area contributed by atoms with Crippen molar-refractivity contribution in [3.8, 4) is 0 Å². The zero-order chi connectivity index (χ0) is 25.2. The highest BCUT2D eigenvalue weighted by Crippen LogP contribution is 2.40. The molecule has 10 heteroatoms. The van der Waals surface area contributed by atoms with E-state index in [4.69, 9.17) is 0 Å². The summed E-state index contributed by atoms with van der Waals surface area (Å²) >= 11 is 0. The van der Waals surface area contributed by atoms with E-state index >= 15 is 0 Å². The highest BCUT2D eigenvalue weighted by molar-refractivity contribution is 7.89. The number of Topliss-reactive ketones (excluding diaryl/α,β-unsaturated/α-hetero) is 1. The maximum Gasteiger partial charge on any atom is 0.295 e. The van der Waals surface area contributed by atoms with Crippen molar-refractivity contribution in [3.05, 3.63) is 71.0 Å². The highest BCUT2D eigenvalue weighted by atomic mass is 32.2. The van der Waals surface area contributed by atoms with E-state index in [1.165, 1.54) is 61.5 Å². The van der Waals surface area contributed by atoms with Gasteiger partial charge >= 0.3 is 0 Å². The van der Waals surface area contributed by atoms with Gasteiger partial charge in [-0.15, -0.1) is 0 Å². The first-order valence-corrected chi connectivity index (χ1v) is 12.1. The number of carbonyl (C=O) groups is 2. The standard InChI is InChI=1S/C24H28FN3O5S/c1-26(2)14-7-15-28-21(18-8-5-6-9-19(18)25)20(23(30)24(28)31)22(29)16-10-12-17(13-11-16)34(32,33)27(3)4/h5-6,8-13,21,29H,7,14-15H2,1-4H3/b22-20+/t21-/m0/s1. The molecule has 1 atom stereocenters. The lowest BCUT2D eigenvalue weighted by atomic mass is 9.95. The summed E-state index contributed by atoms with van der Waals surface area (Å²) in [6, 6.07) is 10.0. The van der Waals surface area contributed by atoms with Crippen molar-refractivity contribution >= 4 is 27.5 Å². The Morgan fingerprint density at radius 3 is 2.21 bits per heavy atom. The van der Waals surface area contributed by atoms with Crippen molar-refractivity contribution in [1.29, 1.82) is 0 Å². The van der Waals surface area contributed by atoms with Gasteiger partial charge < -0.3 is 14.9 Å². The summed E-state index contributed by atoms with van der Waals surface area (Å²) in [5.74, 6) is -2.83. The molecule has 1 N–H and O–H groups in total. The van der Waals surface area contributed by atoms with Crippen LogP contribution in [0.4, 0.5) is 4.39 Å². The van der Waals surface area contributed by atoms with E-state index in [0.717, 1.165) is 4.31 Å². The first-order valence-electron chi connectivity index (χ1n) is 10.7. The summed E-state index contributed by atoms with van der Waals surface area (Å²) in [7, 11) is 2.86. The third kappa shape index (κ3) is 4.89. The van der Waals surface area contributed by atoms with Crippen LogP contribution in [0.15, 0.2) is 59.0 Å². The lowest BCUT2D eigenvalue weighted by Gasteiger charge is -2.26. The Labute approximate surface area is 198 Å². The summed E-state index contributed by atoms with van der Waals surface area (Å²) in [6.45, 7) is 0.841. The summed E-state index contributed by atoms with van der Waals surface area (Å²) < 4.78 is 40.5. The predicted octanol–water partition coefficient (Wildman–Crippen LogP) is 2.45. The summed E-state index contributed by atoms with van der Waals surface area (Å²) in [5.41, 5.74) is 0.00779. The number of rotatable bonds is 8. The van der Waals surface area contributed by atoms with Crippen LogP contribution in [0.5, 0.6) is 0 Å². The Hall–Kier alpha value is -3.08. The predicted molar refractivity (Wildman–Crippen MR) is 126 cm³/mol. The summed E-state index contributed by atoms with van der Waals surface area (Å²) in [5, 5.41) is 11.1. The topological polar surface area (TPSA) is 98.2 Å². The number of carbonyl (C=O) groups excluding carboxylic acids is 2. The van der Waals surface area contributed by atoms with Crippen LogP contribution in [-0.4, -0.2) is 80.6 Å². The number of sulfonamides is 1. The van der Waals surface area contributed by atoms with Crippen LogP contribution in [0.1, 0.15) is 23.6 Å². The highest BCUT2D eigenvalue weighted by Gasteiger charge is 2.46. The Kier molecular flexibility index (Phi) is 7.54. The van der Waals surface area contributed by atoms with Crippen LogP contribution in [0.3, 0.4) is 0 Å². The summed E-state index contributed by atoms with van der Waals surface area (Å²) in [4.78, 5) is 29.1. The molecule has 0 bridgehead atoms. The van der Waals surface area contributed by atoms with Gasteiger partial charge in [0.15, 0.2) is 0 Å². The van der Waals surface area contributed by atoms with Gasteiger partial charge in [0, 0.05) is 31.8 Å². The number of aliphatic hydroxyl groups excluding tert-OH is 1. The van der Waals surface area contributed by atoms with Crippen molar-refractivity contribution in [2.75, 3.05) is 41.3 Å². The van der Waals surface area contributed by atoms with E-state index in [0.29, 0.717) is 13.0 Å². The van der Waals surface area contributed by atoms with E-state index in [2.05, 4.69) is 0 Å². The normalized spacial score (nSPS) is 18.3. The van der Waals surface area contributed by atoms with Crippen LogP contribution in [0.25, 0.3) is 5.76 Å². The number of amides is 1. The van der Waals surface area contributed by atoms with Crippen molar-refractivity contribution in [1.82, 2.24) is 14.1 Å². The lowest BCUT2D eigenvalue weighted by molar-refractivity contribution is -0.140. The molecule has 1 aliphatic heterocycles. The number of nitrogens with zero attached hydrogens (tertiary/aromatic N) is 3. The van der Waals surface area contributed by atoms with Crippen molar-refractivity contribution in [2.24, 2.45) is 0 Å². The second-order valence-corrected chi connectivity index (χ2v) is 10.6. The molecule has 2 aromatic carbocycles. The number of aliphatic hydroxyl groups is 1. The maximum absolute atomic E-state index is 14.8. The molecule has 182 valence electrons. The molecular formula is C24H28FN3O5S. The van der Waals surface area contributed by atoms with Crippen molar-refractivity contribution < 1.29 is 27.5 Å². The monoisotopic (exact) mass is 489 g/mol. The molecule has 34 heavy (non-hydrogen) atoms. The van der Waals surface area contributed by atoms with Gasteiger partial charge in [-0.3, -0.25) is 9.59 Å². The Morgan fingerprint density at radius 1 is 1.03 bits per heavy atom. The molecule has 1 amide bonds. The third-order valence-corrected chi connectivity index (χ3v) is 7.48. The molecule has 1 aliphatic rings. The zero-order valence-electron chi connectivity index (χ0n) is 19.5. The molecule has 0 aromatic heterocycles. The van der Waals surface area contributed by atoms with Gasteiger partial charge in [0.05, 0.1) is 16.5 Å². The Balaban J connectivity index is 2.10. The van der Waals surface area contributed by atoms with E-state index in [1.807, 2.05) is 19.0 Å². The van der Waals surface area contributed by atoms with Crippen molar-refractivity contribution in [3.63, 3.8) is 0 Å². The minimum atomic E-state index is -3.69. The first-order chi connectivity index (χ1) is 16.0. The number of hydrogen-bond donors (Lipinski definition) is 1. The van der Waals surface area contributed by atoms with Gasteiger partial charge in [0.1, 0.15) is 11.6 Å². The maximum atomic E-state index is 14.8. The largest absolute Gasteiger partial charge is 0.507 e. The van der Waals surface area contributed by atoms with Gasteiger partial charge in [-0.25, -0.2) is 17.1 Å². The molecule has 1 saturated heterocycles. The van der Waals surface area contributed by atoms with Gasteiger partial charge in [-0.05, 0) is 57.4 Å². The second-order valence-electron chi connectivity index (χ2n) is 8.48. The number of benzene rings is 2. The molecular weight excluding hydrogens is 461 g/mol. The van der Waals surface area contributed by atoms with Crippen molar-refractivity contribution in [2.45, 2.75) is 17.4 Å². The Bertz CT molecular complexity index is 1220. The SMILES string of the molecule is CN(C)CCCN1C(=O)C(=O)/C(=C(/O)c2ccc(S(=O)(=O)N(C)C)cc2)[C@@H]1c1ccccc1F. The molecule has 0 radical (unpaired) electrons. The minimum absolute atomic E-state index is 0.00356. The van der Waals surface area contributed by atoms with Gasteiger partial charge in [-0.1, -0.05) is 18.2 Å². The van der Waals surface area contributed by atoms with E-state index in [-0.39, 0.29) is 28.1 Å². The number of halogens is 1. The minimum Gasteiger partial charge on any atom is -0.507 e. The molecule has 1 fully saturated rings. The lowest BCUT2D eigenvalue weighted by Crippen LogP contribution is -2.32. The molecule has 1 heterocycles. The quantitative estimate of drug-likeness (QED) is 0.348. The molecule has 8 nitrogen and oxygen atoms in total. The van der Waals surface area contributed by atoms with Crippen LogP contribution >= 0.6 is 0 Å². The average molecular weight is 490 g/mol. The van der Waals surface area contributed by atoms with Crippen LogP contribution < -0.4 is 0 Å². The zero-order valence-corrected chi connectivity index (χ0v) is 20.3. The molecule has 0 saturated carbocycles. The van der Waals surface area contributed by atoms with Crippen LogP contribution in [0, 0.1) is 5.82 Å². The molecule has 0 unspecified atom stereocenters. The van der Waals surface area contributed by atoms with E-state index < -0.39 is 39.3 Å². The fourth-order valence-corrected chi connectivity index (χ4v) is 4.74. The first kappa shape index (κ1) is 25.5. The molecule has 0 aliphatic carbocycles. The van der Waals surface area contributed by atoms with E-state index in [9.17, 15) is 27.5 Å². The smallest absolute Gasteiger partial charge is 0.295 e. The fourth-order valence-electron chi connectivity index (χ4n) is 3.84. The van der Waals surface area contributed by atoms with Crippen LogP contribution in [-0.2, 0) is 19.6 Å². The van der Waals surface area contributed by atoms with E-state index in [1.54, 1.807) is 6.07 Å². The number of hydrogen-bond acceptors (Lipinski definition) is 6. The fraction of sp³-hybridized carbons (Fsp3) is 0.333. The van der Waals surface area contributed by atoms with Gasteiger partial charge in [-0.2, -0.15) is 0 Å². The third-order valence-electron chi connectivity index (χ3n) is 5.65.